The average molecular weight is 438 g/mol. The molecule has 1 heterocycles. The summed E-state index contributed by atoms with van der Waals surface area (Å²) in [6.07, 6.45) is 4.55. The average Bonchev–Trinajstić information content (AvgIpc) is 3.17. The number of nitrogens with two attached hydrogens (primary N) is 1. The van der Waals surface area contributed by atoms with E-state index >= 15 is 0 Å². The van der Waals surface area contributed by atoms with Gasteiger partial charge in [0.1, 0.15) is 0 Å². The van der Waals surface area contributed by atoms with Crippen molar-refractivity contribution in [1.82, 2.24) is 10.2 Å². The number of ether oxygens (including phenoxy) is 3. The number of methoxy groups -OCH3 is 2. The van der Waals surface area contributed by atoms with Crippen LogP contribution in [0.1, 0.15) is 35.2 Å². The fraction of sp³-hybridized carbons (Fsp3) is 0.609. The zero-order valence-electron chi connectivity index (χ0n) is 18.7. The Morgan fingerprint density at radius 3 is 2.81 bits per heavy atom. The van der Waals surface area contributed by atoms with E-state index in [1.165, 1.54) is 14.2 Å². The van der Waals surface area contributed by atoms with E-state index in [1.54, 1.807) is 12.1 Å². The van der Waals surface area contributed by atoms with Crippen LogP contribution < -0.4 is 20.5 Å². The van der Waals surface area contributed by atoms with Gasteiger partial charge in [-0.3, -0.25) is 14.1 Å². The third kappa shape index (κ3) is 7.19. The van der Waals surface area contributed by atoms with Crippen LogP contribution in [0, 0.1) is 0 Å². The number of rotatable bonds is 14. The van der Waals surface area contributed by atoms with Gasteiger partial charge in [0.15, 0.2) is 11.5 Å². The molecular weight excluding hydrogens is 401 g/mol. The van der Waals surface area contributed by atoms with E-state index in [1.807, 2.05) is 6.08 Å². The van der Waals surface area contributed by atoms with Gasteiger partial charge in [-0.1, -0.05) is 6.08 Å². The Balaban J connectivity index is 2.08. The van der Waals surface area contributed by atoms with Crippen LogP contribution in [0.3, 0.4) is 0 Å². The molecule has 3 N–H and O–H groups in total. The Hall–Kier alpha value is -2.16. The van der Waals surface area contributed by atoms with Crippen molar-refractivity contribution in [2.24, 2.45) is 5.73 Å². The van der Waals surface area contributed by atoms with Crippen LogP contribution in [0.2, 0.25) is 0 Å². The number of carbonyl (C=O) groups is 1. The largest absolute Gasteiger partial charge is 0.493 e. The molecule has 0 saturated carbocycles. The maximum Gasteiger partial charge on any atom is 0.255 e. The van der Waals surface area contributed by atoms with E-state index in [0.29, 0.717) is 49.6 Å². The second kappa shape index (κ2) is 13.3. The van der Waals surface area contributed by atoms with Gasteiger partial charge >= 0.3 is 0 Å². The summed E-state index contributed by atoms with van der Waals surface area (Å²) in [5.74, 6) is 0.594. The van der Waals surface area contributed by atoms with E-state index < -0.39 is 6.67 Å². The number of hydrogen-bond acceptors (Lipinski definition) is 6. The van der Waals surface area contributed by atoms with Crippen molar-refractivity contribution < 1.29 is 23.4 Å². The third-order valence-electron chi connectivity index (χ3n) is 5.44. The third-order valence-corrected chi connectivity index (χ3v) is 5.44. The molecule has 1 aliphatic rings. The summed E-state index contributed by atoms with van der Waals surface area (Å²) in [7, 11) is 3.02. The topological polar surface area (TPSA) is 86.1 Å². The summed E-state index contributed by atoms with van der Waals surface area (Å²) in [5.41, 5.74) is 6.77. The van der Waals surface area contributed by atoms with Crippen LogP contribution in [0.15, 0.2) is 24.8 Å². The molecule has 1 saturated heterocycles. The first-order chi connectivity index (χ1) is 15.1. The molecule has 0 unspecified atom stereocenters. The number of carbonyl (C=O) groups excluding carboxylic acids is 1. The number of aryl methyl sites for hydroxylation is 1. The van der Waals surface area contributed by atoms with E-state index in [9.17, 15) is 9.18 Å². The van der Waals surface area contributed by atoms with Gasteiger partial charge in [0.05, 0.1) is 32.6 Å². The lowest BCUT2D eigenvalue weighted by Gasteiger charge is -2.23. The molecule has 31 heavy (non-hydrogen) atoms. The Kier molecular flexibility index (Phi) is 10.8. The van der Waals surface area contributed by atoms with Gasteiger partial charge in [0.25, 0.3) is 5.91 Å². The molecule has 1 aliphatic heterocycles. The maximum atomic E-state index is 13.0. The number of alkyl halides is 1. The van der Waals surface area contributed by atoms with Crippen molar-refractivity contribution in [3.05, 3.63) is 35.9 Å². The monoisotopic (exact) mass is 437 g/mol. The second-order valence-electron chi connectivity index (χ2n) is 7.65. The predicted molar refractivity (Wildman–Crippen MR) is 120 cm³/mol. The van der Waals surface area contributed by atoms with Crippen LogP contribution in [0.4, 0.5) is 4.39 Å². The molecule has 0 aromatic heterocycles. The molecule has 0 radical (unpaired) electrons. The summed E-state index contributed by atoms with van der Waals surface area (Å²) in [6.45, 7) is 6.68. The van der Waals surface area contributed by atoms with Crippen molar-refractivity contribution in [1.29, 1.82) is 0 Å². The van der Waals surface area contributed by atoms with Gasteiger partial charge in [-0.05, 0) is 49.9 Å². The van der Waals surface area contributed by atoms with E-state index in [0.717, 1.165) is 31.5 Å². The SMILES string of the molecule is C=CCN1C[C@H](OCCCN)C[C@H]1CNC(=O)c1cc(CCCF)cc(OC)c1OC. The molecule has 1 amide bonds. The van der Waals surface area contributed by atoms with Crippen LogP contribution in [0.25, 0.3) is 0 Å². The summed E-state index contributed by atoms with van der Waals surface area (Å²) in [5, 5.41) is 3.03. The zero-order chi connectivity index (χ0) is 22.6. The number of benzene rings is 1. The maximum absolute atomic E-state index is 13.0. The van der Waals surface area contributed by atoms with Gasteiger partial charge in [0.2, 0.25) is 0 Å². The van der Waals surface area contributed by atoms with Gasteiger partial charge in [-0.15, -0.1) is 6.58 Å². The van der Waals surface area contributed by atoms with Crippen molar-refractivity contribution in [2.45, 2.75) is 37.8 Å². The van der Waals surface area contributed by atoms with E-state index in [-0.39, 0.29) is 18.1 Å². The molecular formula is C23H36FN3O4. The number of nitrogens with zero attached hydrogens (tertiary/aromatic N) is 1. The normalized spacial score (nSPS) is 18.7. The standard InChI is InChI=1S/C23H36FN3O4/c1-4-10-27-16-19(31-11-6-9-25)14-18(27)15-26-23(28)20-12-17(7-5-8-24)13-21(29-2)22(20)30-3/h4,12-13,18-19H,1,5-11,14-16,25H2,2-3H3,(H,26,28)/t18-,19+/m0/s1. The predicted octanol–water partition coefficient (Wildman–Crippen LogP) is 2.33. The fourth-order valence-electron chi connectivity index (χ4n) is 3.90. The molecule has 174 valence electrons. The Morgan fingerprint density at radius 1 is 1.35 bits per heavy atom. The highest BCUT2D eigenvalue weighted by molar-refractivity contribution is 5.98. The second-order valence-corrected chi connectivity index (χ2v) is 7.65. The number of halogens is 1. The number of likely N-dealkylation sites (tertiary alicyclic amines) is 1. The molecule has 1 aromatic rings. The highest BCUT2D eigenvalue weighted by Crippen LogP contribution is 2.33. The first kappa shape index (κ1) is 25.1. The van der Waals surface area contributed by atoms with Crippen LogP contribution >= 0.6 is 0 Å². The van der Waals surface area contributed by atoms with Crippen LogP contribution in [0.5, 0.6) is 11.5 Å². The molecule has 0 bridgehead atoms. The highest BCUT2D eigenvalue weighted by Gasteiger charge is 2.32. The first-order valence-electron chi connectivity index (χ1n) is 10.8. The van der Waals surface area contributed by atoms with Crippen LogP contribution in [-0.4, -0.2) is 76.6 Å². The molecule has 7 nitrogen and oxygen atoms in total. The minimum Gasteiger partial charge on any atom is -0.493 e. The number of nitrogens with one attached hydrogen (secondary N) is 1. The van der Waals surface area contributed by atoms with E-state index in [2.05, 4.69) is 16.8 Å². The summed E-state index contributed by atoms with van der Waals surface area (Å²) in [4.78, 5) is 15.3. The molecule has 2 atom stereocenters. The Morgan fingerprint density at radius 2 is 2.16 bits per heavy atom. The molecule has 0 aliphatic carbocycles. The molecule has 2 rings (SSSR count). The van der Waals surface area contributed by atoms with E-state index in [4.69, 9.17) is 19.9 Å². The first-order valence-corrected chi connectivity index (χ1v) is 10.8. The molecule has 1 fully saturated rings. The molecule has 0 spiro atoms. The summed E-state index contributed by atoms with van der Waals surface area (Å²) < 4.78 is 29.4. The highest BCUT2D eigenvalue weighted by atomic mass is 19.1. The molecule has 1 aromatic carbocycles. The van der Waals surface area contributed by atoms with Gasteiger partial charge in [-0.25, -0.2) is 0 Å². The van der Waals surface area contributed by atoms with Crippen molar-refractivity contribution in [3.8, 4) is 11.5 Å². The lowest BCUT2D eigenvalue weighted by molar-refractivity contribution is 0.0593. The van der Waals surface area contributed by atoms with Gasteiger partial charge in [0, 0.05) is 32.3 Å². The fourth-order valence-corrected chi connectivity index (χ4v) is 3.90. The molecule has 8 heteroatoms. The Labute approximate surface area is 184 Å². The lowest BCUT2D eigenvalue weighted by Crippen LogP contribution is -2.40. The van der Waals surface area contributed by atoms with Gasteiger partial charge < -0.3 is 25.3 Å². The smallest absolute Gasteiger partial charge is 0.255 e. The van der Waals surface area contributed by atoms with Gasteiger partial charge in [-0.2, -0.15) is 0 Å². The number of amides is 1. The number of hydrogen-bond donors (Lipinski definition) is 2. The quantitative estimate of drug-likeness (QED) is 0.343. The summed E-state index contributed by atoms with van der Waals surface area (Å²) in [6, 6.07) is 3.69. The van der Waals surface area contributed by atoms with Crippen LogP contribution in [-0.2, 0) is 11.2 Å². The minimum absolute atomic E-state index is 0.118. The zero-order valence-corrected chi connectivity index (χ0v) is 18.7. The van der Waals surface area contributed by atoms with Crippen molar-refractivity contribution >= 4 is 5.91 Å². The van der Waals surface area contributed by atoms with Crippen molar-refractivity contribution in [2.75, 3.05) is 53.7 Å². The van der Waals surface area contributed by atoms with Crippen molar-refractivity contribution in [3.63, 3.8) is 0 Å². The lowest BCUT2D eigenvalue weighted by atomic mass is 10.0. The summed E-state index contributed by atoms with van der Waals surface area (Å²) >= 11 is 0. The minimum atomic E-state index is -0.411. The Bertz CT molecular complexity index is 716.